The summed E-state index contributed by atoms with van der Waals surface area (Å²) >= 11 is 0. The summed E-state index contributed by atoms with van der Waals surface area (Å²) in [5.41, 5.74) is -0.519. The van der Waals surface area contributed by atoms with Crippen LogP contribution in [0.15, 0.2) is 30.3 Å². The highest BCUT2D eigenvalue weighted by molar-refractivity contribution is 6.01. The summed E-state index contributed by atoms with van der Waals surface area (Å²) in [5.74, 6) is -1.61. The van der Waals surface area contributed by atoms with Crippen LogP contribution in [-0.4, -0.2) is 58.0 Å². The summed E-state index contributed by atoms with van der Waals surface area (Å²) in [5, 5.41) is 32.9. The van der Waals surface area contributed by atoms with Crippen LogP contribution in [-0.2, 0) is 22.2 Å². The molecule has 0 spiro atoms. The highest BCUT2D eigenvalue weighted by atomic mass is 19.3. The van der Waals surface area contributed by atoms with Crippen molar-refractivity contribution in [3.05, 3.63) is 47.4 Å². The second kappa shape index (κ2) is 8.77. The molecule has 1 saturated carbocycles. The Balaban J connectivity index is 1.34. The number of fused-ring (bicyclic) bond motifs is 3. The van der Waals surface area contributed by atoms with Gasteiger partial charge in [-0.3, -0.25) is 4.79 Å². The van der Waals surface area contributed by atoms with E-state index in [2.05, 4.69) is 14.8 Å². The Bertz CT molecular complexity index is 1480. The van der Waals surface area contributed by atoms with E-state index in [1.54, 1.807) is 17.6 Å². The maximum atomic E-state index is 15.4. The minimum absolute atomic E-state index is 0.00355. The number of ether oxygens (including phenoxy) is 3. The average Bonchev–Trinajstić information content (AvgIpc) is 3.48. The quantitative estimate of drug-likeness (QED) is 0.358. The molecule has 1 aromatic heterocycles. The maximum Gasteiger partial charge on any atom is 0.586 e. The predicted octanol–water partition coefficient (Wildman–Crippen LogP) is 3.16. The Morgan fingerprint density at radius 2 is 1.82 bits per heavy atom. The van der Waals surface area contributed by atoms with Gasteiger partial charge in [0.25, 0.3) is 0 Å². The molecule has 0 radical (unpaired) electrons. The highest BCUT2D eigenvalue weighted by Gasteiger charge is 2.49. The summed E-state index contributed by atoms with van der Waals surface area (Å²) in [6, 6.07) is 7.02. The molecule has 4 N–H and O–H groups in total. The fourth-order valence-electron chi connectivity index (χ4n) is 5.66. The largest absolute Gasteiger partial charge is 0.586 e. The number of halogens is 3. The molecule has 2 aliphatic heterocycles. The van der Waals surface area contributed by atoms with Crippen LogP contribution in [0.5, 0.6) is 17.2 Å². The van der Waals surface area contributed by atoms with Gasteiger partial charge in [-0.15, -0.1) is 8.78 Å². The van der Waals surface area contributed by atoms with Gasteiger partial charge in [-0.2, -0.15) is 0 Å². The van der Waals surface area contributed by atoms with Gasteiger partial charge >= 0.3 is 6.29 Å². The van der Waals surface area contributed by atoms with Crippen molar-refractivity contribution >= 4 is 22.5 Å². The van der Waals surface area contributed by atoms with Crippen molar-refractivity contribution in [2.75, 3.05) is 25.1 Å². The third-order valence-corrected chi connectivity index (χ3v) is 8.11. The lowest BCUT2D eigenvalue weighted by Gasteiger charge is -2.41. The second-order valence-corrected chi connectivity index (χ2v) is 10.7. The first-order valence-electron chi connectivity index (χ1n) is 12.6. The normalized spacial score (nSPS) is 22.7. The predicted molar refractivity (Wildman–Crippen MR) is 132 cm³/mol. The van der Waals surface area contributed by atoms with Gasteiger partial charge in [0.15, 0.2) is 11.5 Å². The number of nitrogens with one attached hydrogen (secondary N) is 1. The molecule has 9 nitrogen and oxygen atoms in total. The standard InChI is InChI=1S/C27H27F3N2O7/c1-25(13-37-20-9-22-21(7-16(20)25)38-27(29,30)39-22)24(36)31-18-5-14-6-23(26(12-34)3-2-4-26)32(10-15(35)11-33)19(14)8-17(18)28/h5-9,15,33-35H,2-4,10-13H2,1H3,(H,31,36)/t15-,25?/m1/s1. The second-order valence-electron chi connectivity index (χ2n) is 10.7. The molecule has 2 aromatic carbocycles. The number of amides is 1. The molecule has 1 amide bonds. The van der Waals surface area contributed by atoms with Crippen LogP contribution in [0.3, 0.4) is 0 Å². The molecule has 2 atom stereocenters. The summed E-state index contributed by atoms with van der Waals surface area (Å²) in [6.45, 7) is 0.839. The van der Waals surface area contributed by atoms with E-state index in [0.29, 0.717) is 16.5 Å². The van der Waals surface area contributed by atoms with Crippen molar-refractivity contribution in [2.45, 2.75) is 56.0 Å². The van der Waals surface area contributed by atoms with E-state index in [0.717, 1.165) is 25.0 Å². The molecule has 1 unspecified atom stereocenters. The number of carbonyl (C=O) groups excluding carboxylic acids is 1. The van der Waals surface area contributed by atoms with Crippen LogP contribution in [0, 0.1) is 5.82 Å². The molecule has 3 aliphatic rings. The molecule has 12 heteroatoms. The van der Waals surface area contributed by atoms with E-state index < -0.39 is 41.6 Å². The number of benzene rings is 2. The van der Waals surface area contributed by atoms with Gasteiger partial charge in [0.1, 0.15) is 23.6 Å². The summed E-state index contributed by atoms with van der Waals surface area (Å²) in [4.78, 5) is 13.5. The van der Waals surface area contributed by atoms with E-state index in [-0.39, 0.29) is 42.7 Å². The number of aliphatic hydroxyl groups is 3. The molecule has 0 saturated heterocycles. The number of carbonyl (C=O) groups is 1. The summed E-state index contributed by atoms with van der Waals surface area (Å²) in [6.07, 6.45) is -2.55. The van der Waals surface area contributed by atoms with Crippen molar-refractivity contribution in [1.82, 2.24) is 4.57 Å². The van der Waals surface area contributed by atoms with Crippen LogP contribution in [0.2, 0.25) is 0 Å². The molecule has 39 heavy (non-hydrogen) atoms. The van der Waals surface area contributed by atoms with E-state index in [1.165, 1.54) is 24.3 Å². The first-order chi connectivity index (χ1) is 18.5. The van der Waals surface area contributed by atoms with Crippen LogP contribution >= 0.6 is 0 Å². The highest BCUT2D eigenvalue weighted by Crippen LogP contribution is 2.50. The minimum atomic E-state index is -3.83. The number of nitrogens with zero attached hydrogens (tertiary/aromatic N) is 1. The zero-order valence-corrected chi connectivity index (χ0v) is 21.0. The van der Waals surface area contributed by atoms with E-state index in [9.17, 15) is 28.9 Å². The molecular formula is C27H27F3N2O7. The maximum absolute atomic E-state index is 15.4. The van der Waals surface area contributed by atoms with Crippen molar-refractivity contribution < 1.29 is 47.5 Å². The molecule has 3 aromatic rings. The number of rotatable bonds is 7. The Morgan fingerprint density at radius 1 is 1.10 bits per heavy atom. The fraction of sp³-hybridized carbons (Fsp3) is 0.444. The smallest absolute Gasteiger partial charge is 0.492 e. The zero-order chi connectivity index (χ0) is 27.7. The minimum Gasteiger partial charge on any atom is -0.492 e. The molecular weight excluding hydrogens is 521 g/mol. The zero-order valence-electron chi connectivity index (χ0n) is 21.0. The summed E-state index contributed by atoms with van der Waals surface area (Å²) in [7, 11) is 0. The van der Waals surface area contributed by atoms with Gasteiger partial charge in [0.05, 0.1) is 37.1 Å². The van der Waals surface area contributed by atoms with Crippen LogP contribution in [0.4, 0.5) is 18.9 Å². The number of anilines is 1. The average molecular weight is 549 g/mol. The molecule has 6 rings (SSSR count). The number of alkyl halides is 2. The number of hydrogen-bond donors (Lipinski definition) is 4. The third-order valence-electron chi connectivity index (χ3n) is 8.11. The van der Waals surface area contributed by atoms with Crippen LogP contribution in [0.25, 0.3) is 10.9 Å². The number of aromatic nitrogens is 1. The lowest BCUT2D eigenvalue weighted by molar-refractivity contribution is -0.286. The monoisotopic (exact) mass is 548 g/mol. The lowest BCUT2D eigenvalue weighted by Crippen LogP contribution is -2.40. The van der Waals surface area contributed by atoms with E-state index in [1.807, 2.05) is 0 Å². The Morgan fingerprint density at radius 3 is 2.46 bits per heavy atom. The molecule has 0 bridgehead atoms. The van der Waals surface area contributed by atoms with Crippen LogP contribution in [0.1, 0.15) is 37.4 Å². The number of hydrogen-bond acceptors (Lipinski definition) is 7. The molecule has 1 fully saturated rings. The van der Waals surface area contributed by atoms with Gasteiger partial charge in [-0.25, -0.2) is 4.39 Å². The Kier molecular flexibility index (Phi) is 5.79. The SMILES string of the molecule is CC1(C(=O)Nc2cc3cc(C4(CO)CCC4)n(C[C@@H](O)CO)c3cc2F)COc2cc3c(cc21)OC(F)(F)O3. The lowest BCUT2D eigenvalue weighted by atomic mass is 9.67. The van der Waals surface area contributed by atoms with Crippen LogP contribution < -0.4 is 19.5 Å². The fourth-order valence-corrected chi connectivity index (χ4v) is 5.66. The molecule has 3 heterocycles. The van der Waals surface area contributed by atoms with Crippen molar-refractivity contribution in [1.29, 1.82) is 0 Å². The molecule has 1 aliphatic carbocycles. The third kappa shape index (κ3) is 4.00. The first kappa shape index (κ1) is 25.8. The van der Waals surface area contributed by atoms with Crippen molar-refractivity contribution in [2.24, 2.45) is 0 Å². The molecule has 208 valence electrons. The van der Waals surface area contributed by atoms with Gasteiger partial charge < -0.3 is 39.4 Å². The topological polar surface area (TPSA) is 122 Å². The van der Waals surface area contributed by atoms with Crippen molar-refractivity contribution in [3.8, 4) is 17.2 Å². The van der Waals surface area contributed by atoms with Gasteiger partial charge in [-0.1, -0.05) is 6.42 Å². The van der Waals surface area contributed by atoms with Crippen molar-refractivity contribution in [3.63, 3.8) is 0 Å². The number of aliphatic hydroxyl groups excluding tert-OH is 3. The van der Waals surface area contributed by atoms with Gasteiger partial charge in [0.2, 0.25) is 5.91 Å². The summed E-state index contributed by atoms with van der Waals surface area (Å²) < 4.78 is 58.7. The first-order valence-corrected chi connectivity index (χ1v) is 12.6. The van der Waals surface area contributed by atoms with Gasteiger partial charge in [0, 0.05) is 34.2 Å². The Labute approximate surface area is 220 Å². The van der Waals surface area contributed by atoms with Gasteiger partial charge in [-0.05, 0) is 38.0 Å². The Hall–Kier alpha value is -3.48. The van der Waals surface area contributed by atoms with E-state index in [4.69, 9.17) is 4.74 Å². The van der Waals surface area contributed by atoms with E-state index >= 15 is 4.39 Å².